The number of aromatic amines is 1. The number of aromatic nitrogens is 2. The van der Waals surface area contributed by atoms with Crippen molar-refractivity contribution < 1.29 is 0 Å². The molecular formula is C15H19N2. The van der Waals surface area contributed by atoms with Gasteiger partial charge in [0.25, 0.3) is 0 Å². The van der Waals surface area contributed by atoms with Gasteiger partial charge in [-0.15, -0.1) is 0 Å². The summed E-state index contributed by atoms with van der Waals surface area (Å²) in [4.78, 5) is 0. The molecule has 0 spiro atoms. The van der Waals surface area contributed by atoms with Gasteiger partial charge in [0.2, 0.25) is 0 Å². The Bertz CT molecular complexity index is 490. The Morgan fingerprint density at radius 2 is 2.06 bits per heavy atom. The van der Waals surface area contributed by atoms with Crippen LogP contribution < -0.4 is 0 Å². The summed E-state index contributed by atoms with van der Waals surface area (Å²) >= 11 is 0. The molecule has 2 rings (SSSR count). The quantitative estimate of drug-likeness (QED) is 0.829. The molecule has 0 amide bonds. The SMILES string of the molecule is [CH2]c1cc(CC(C)(C)C)ccc1-c1cn[nH]c1. The summed E-state index contributed by atoms with van der Waals surface area (Å²) in [6.45, 7) is 10.9. The third-order valence-electron chi connectivity index (χ3n) is 2.71. The summed E-state index contributed by atoms with van der Waals surface area (Å²) in [7, 11) is 0. The molecular weight excluding hydrogens is 208 g/mol. The number of benzene rings is 1. The zero-order valence-corrected chi connectivity index (χ0v) is 10.7. The highest BCUT2D eigenvalue weighted by molar-refractivity contribution is 5.67. The first-order valence-corrected chi connectivity index (χ1v) is 5.90. The molecule has 1 N–H and O–H groups in total. The van der Waals surface area contributed by atoms with Gasteiger partial charge in [-0.3, -0.25) is 5.10 Å². The van der Waals surface area contributed by atoms with Gasteiger partial charge in [0.1, 0.15) is 0 Å². The normalized spacial score (nSPS) is 11.8. The van der Waals surface area contributed by atoms with Crippen LogP contribution in [0.3, 0.4) is 0 Å². The molecule has 0 aliphatic heterocycles. The lowest BCUT2D eigenvalue weighted by Crippen LogP contribution is -2.09. The number of nitrogens with one attached hydrogen (secondary N) is 1. The van der Waals surface area contributed by atoms with Gasteiger partial charge in [-0.05, 0) is 35.4 Å². The molecule has 0 saturated carbocycles. The van der Waals surface area contributed by atoms with Gasteiger partial charge in [0.15, 0.2) is 0 Å². The lowest BCUT2D eigenvalue weighted by atomic mass is 9.87. The van der Waals surface area contributed by atoms with Gasteiger partial charge in [-0.25, -0.2) is 0 Å². The number of nitrogens with zero attached hydrogens (tertiary/aromatic N) is 1. The second-order valence-electron chi connectivity index (χ2n) is 5.72. The second kappa shape index (κ2) is 4.36. The number of hydrogen-bond acceptors (Lipinski definition) is 1. The third-order valence-corrected chi connectivity index (χ3v) is 2.71. The molecule has 1 radical (unpaired) electrons. The number of hydrogen-bond donors (Lipinski definition) is 1. The van der Waals surface area contributed by atoms with Crippen molar-refractivity contribution in [2.75, 3.05) is 0 Å². The molecule has 0 aliphatic rings. The van der Waals surface area contributed by atoms with Crippen molar-refractivity contribution in [3.63, 3.8) is 0 Å². The molecule has 0 aliphatic carbocycles. The molecule has 0 atom stereocenters. The molecule has 0 unspecified atom stereocenters. The van der Waals surface area contributed by atoms with E-state index in [1.807, 2.05) is 12.4 Å². The summed E-state index contributed by atoms with van der Waals surface area (Å²) in [5.74, 6) is 0. The summed E-state index contributed by atoms with van der Waals surface area (Å²) in [6, 6.07) is 6.49. The van der Waals surface area contributed by atoms with Crippen LogP contribution in [0.25, 0.3) is 11.1 Å². The molecule has 0 saturated heterocycles. The van der Waals surface area contributed by atoms with Crippen LogP contribution in [0.2, 0.25) is 0 Å². The van der Waals surface area contributed by atoms with Gasteiger partial charge >= 0.3 is 0 Å². The van der Waals surface area contributed by atoms with Crippen LogP contribution in [-0.2, 0) is 6.42 Å². The zero-order valence-electron chi connectivity index (χ0n) is 10.7. The standard InChI is InChI=1S/C15H19N2/c1-11-7-12(8-15(2,3)4)5-6-14(11)13-9-16-17-10-13/h5-7,9-10H,1,8H2,2-4H3,(H,16,17). The summed E-state index contributed by atoms with van der Waals surface area (Å²) in [5.41, 5.74) is 4.96. The highest BCUT2D eigenvalue weighted by Gasteiger charge is 2.12. The highest BCUT2D eigenvalue weighted by Crippen LogP contribution is 2.26. The molecule has 1 aromatic heterocycles. The Balaban J connectivity index is 2.30. The predicted octanol–water partition coefficient (Wildman–Crippen LogP) is 3.85. The van der Waals surface area contributed by atoms with Gasteiger partial charge in [0, 0.05) is 11.8 Å². The van der Waals surface area contributed by atoms with E-state index >= 15 is 0 Å². The average molecular weight is 227 g/mol. The minimum Gasteiger partial charge on any atom is -0.285 e. The Labute approximate surface area is 103 Å². The zero-order chi connectivity index (χ0) is 12.5. The van der Waals surface area contributed by atoms with Crippen LogP contribution in [0.4, 0.5) is 0 Å². The maximum Gasteiger partial charge on any atom is 0.0565 e. The van der Waals surface area contributed by atoms with Gasteiger partial charge in [-0.1, -0.05) is 39.0 Å². The van der Waals surface area contributed by atoms with E-state index in [1.54, 1.807) is 0 Å². The largest absolute Gasteiger partial charge is 0.285 e. The minimum atomic E-state index is 0.309. The van der Waals surface area contributed by atoms with E-state index < -0.39 is 0 Å². The molecule has 2 heteroatoms. The van der Waals surface area contributed by atoms with Gasteiger partial charge in [0.05, 0.1) is 6.20 Å². The first-order valence-electron chi connectivity index (χ1n) is 5.90. The Kier molecular flexibility index (Phi) is 3.05. The third kappa shape index (κ3) is 2.96. The van der Waals surface area contributed by atoms with Crippen molar-refractivity contribution in [1.29, 1.82) is 0 Å². The molecule has 89 valence electrons. The van der Waals surface area contributed by atoms with Crippen molar-refractivity contribution >= 4 is 0 Å². The van der Waals surface area contributed by atoms with Crippen LogP contribution in [0, 0.1) is 12.3 Å². The second-order valence-corrected chi connectivity index (χ2v) is 5.72. The van der Waals surface area contributed by atoms with Crippen molar-refractivity contribution in [3.8, 4) is 11.1 Å². The van der Waals surface area contributed by atoms with E-state index in [9.17, 15) is 0 Å². The summed E-state index contributed by atoms with van der Waals surface area (Å²) in [5, 5.41) is 6.80. The lowest BCUT2D eigenvalue weighted by molar-refractivity contribution is 0.411. The Hall–Kier alpha value is -1.57. The summed E-state index contributed by atoms with van der Waals surface area (Å²) < 4.78 is 0. The van der Waals surface area contributed by atoms with E-state index in [1.165, 1.54) is 5.56 Å². The molecule has 0 bridgehead atoms. The van der Waals surface area contributed by atoms with Gasteiger partial charge in [-0.2, -0.15) is 5.10 Å². The molecule has 2 aromatic rings. The molecule has 17 heavy (non-hydrogen) atoms. The molecule has 2 nitrogen and oxygen atoms in total. The van der Waals surface area contributed by atoms with Crippen LogP contribution in [0.5, 0.6) is 0 Å². The van der Waals surface area contributed by atoms with Crippen molar-refractivity contribution in [2.24, 2.45) is 5.41 Å². The lowest BCUT2D eigenvalue weighted by Gasteiger charge is -2.18. The van der Waals surface area contributed by atoms with Gasteiger partial charge < -0.3 is 0 Å². The Morgan fingerprint density at radius 1 is 1.29 bits per heavy atom. The van der Waals surface area contributed by atoms with Crippen LogP contribution >= 0.6 is 0 Å². The fourth-order valence-electron chi connectivity index (χ4n) is 2.05. The maximum absolute atomic E-state index is 4.13. The smallest absolute Gasteiger partial charge is 0.0565 e. The first-order chi connectivity index (χ1) is 7.96. The van der Waals surface area contributed by atoms with E-state index in [4.69, 9.17) is 0 Å². The van der Waals surface area contributed by atoms with Crippen molar-refractivity contribution in [3.05, 3.63) is 48.6 Å². The van der Waals surface area contributed by atoms with E-state index in [-0.39, 0.29) is 0 Å². The highest BCUT2D eigenvalue weighted by atomic mass is 15.1. The van der Waals surface area contributed by atoms with Crippen LogP contribution in [0.1, 0.15) is 31.9 Å². The number of rotatable bonds is 2. The first kappa shape index (κ1) is 11.9. The average Bonchev–Trinajstić information content (AvgIpc) is 2.68. The Morgan fingerprint density at radius 3 is 2.59 bits per heavy atom. The number of H-pyrrole nitrogens is 1. The molecule has 0 fully saturated rings. The fraction of sp³-hybridized carbons (Fsp3) is 0.333. The molecule has 1 aromatic carbocycles. The van der Waals surface area contributed by atoms with E-state index in [0.29, 0.717) is 5.41 Å². The topological polar surface area (TPSA) is 28.7 Å². The van der Waals surface area contributed by atoms with Crippen molar-refractivity contribution in [1.82, 2.24) is 10.2 Å². The predicted molar refractivity (Wildman–Crippen MR) is 71.6 cm³/mol. The summed E-state index contributed by atoms with van der Waals surface area (Å²) in [6.07, 6.45) is 4.79. The van der Waals surface area contributed by atoms with Crippen molar-refractivity contribution in [2.45, 2.75) is 27.2 Å². The fourth-order valence-corrected chi connectivity index (χ4v) is 2.05. The minimum absolute atomic E-state index is 0.309. The van der Waals surface area contributed by atoms with Crippen LogP contribution in [0.15, 0.2) is 30.6 Å². The van der Waals surface area contributed by atoms with E-state index in [0.717, 1.165) is 23.1 Å². The molecule has 1 heterocycles. The monoisotopic (exact) mass is 227 g/mol. The van der Waals surface area contributed by atoms with E-state index in [2.05, 4.69) is 56.1 Å². The van der Waals surface area contributed by atoms with Crippen LogP contribution in [-0.4, -0.2) is 10.2 Å². The maximum atomic E-state index is 4.13.